The zero-order chi connectivity index (χ0) is 11.5. The van der Waals surface area contributed by atoms with Gasteiger partial charge in [-0.25, -0.2) is 4.39 Å². The largest absolute Gasteiger partial charge is 0.387 e. The Morgan fingerprint density at radius 2 is 2.06 bits per heavy atom. The van der Waals surface area contributed by atoms with Crippen molar-refractivity contribution in [3.05, 3.63) is 57.5 Å². The molecule has 84 valence electrons. The van der Waals surface area contributed by atoms with Gasteiger partial charge in [0, 0.05) is 11.3 Å². The van der Waals surface area contributed by atoms with E-state index in [9.17, 15) is 9.50 Å². The van der Waals surface area contributed by atoms with E-state index in [1.807, 2.05) is 18.4 Å². The summed E-state index contributed by atoms with van der Waals surface area (Å²) < 4.78 is 13.4. The lowest BCUT2D eigenvalue weighted by Crippen LogP contribution is -2.02. The summed E-state index contributed by atoms with van der Waals surface area (Å²) in [5, 5.41) is 12.0. The molecule has 0 saturated heterocycles. The van der Waals surface area contributed by atoms with Crippen LogP contribution >= 0.6 is 11.3 Å². The Balaban J connectivity index is 2.17. The molecule has 1 nitrogen and oxygen atoms in total. The molecular formula is C13H13FOS. The zero-order valence-electron chi connectivity index (χ0n) is 8.98. The van der Waals surface area contributed by atoms with Gasteiger partial charge in [-0.3, -0.25) is 0 Å². The lowest BCUT2D eigenvalue weighted by Gasteiger charge is -2.10. The molecule has 1 aromatic carbocycles. The number of halogens is 1. The Labute approximate surface area is 98.2 Å². The highest BCUT2D eigenvalue weighted by Gasteiger charge is 2.14. The smallest absolute Gasteiger partial charge is 0.126 e. The molecule has 1 atom stereocenters. The first kappa shape index (κ1) is 11.3. The van der Waals surface area contributed by atoms with Crippen LogP contribution in [0.5, 0.6) is 0 Å². The van der Waals surface area contributed by atoms with E-state index in [2.05, 4.69) is 0 Å². The van der Waals surface area contributed by atoms with Gasteiger partial charge in [-0.05, 0) is 35.6 Å². The molecule has 0 amide bonds. The van der Waals surface area contributed by atoms with Crippen molar-refractivity contribution >= 4 is 11.3 Å². The molecule has 0 aliphatic heterocycles. The van der Waals surface area contributed by atoms with Crippen LogP contribution in [0.3, 0.4) is 0 Å². The Morgan fingerprint density at radius 3 is 2.69 bits per heavy atom. The van der Waals surface area contributed by atoms with Gasteiger partial charge in [0.1, 0.15) is 5.82 Å². The highest BCUT2D eigenvalue weighted by molar-refractivity contribution is 7.10. The Bertz CT molecular complexity index is 478. The molecular weight excluding hydrogens is 223 g/mol. The fourth-order valence-electron chi connectivity index (χ4n) is 1.69. The van der Waals surface area contributed by atoms with E-state index >= 15 is 0 Å². The minimum Gasteiger partial charge on any atom is -0.387 e. The second-order valence-electron chi connectivity index (χ2n) is 3.78. The van der Waals surface area contributed by atoms with Gasteiger partial charge in [-0.2, -0.15) is 0 Å². The van der Waals surface area contributed by atoms with Crippen LogP contribution in [-0.4, -0.2) is 5.11 Å². The standard InChI is InChI=1S/C13H13FOS/c1-9-6-7-16-13(9)12(15)8-10-4-2-3-5-11(10)14/h2-7,12,15H,8H2,1H3. The van der Waals surface area contributed by atoms with Crippen molar-refractivity contribution < 1.29 is 9.50 Å². The summed E-state index contributed by atoms with van der Waals surface area (Å²) in [5.74, 6) is -0.254. The van der Waals surface area contributed by atoms with Crippen LogP contribution in [0.25, 0.3) is 0 Å². The number of thiophene rings is 1. The predicted octanol–water partition coefficient (Wildman–Crippen LogP) is 3.47. The van der Waals surface area contributed by atoms with Crippen LogP contribution in [0.1, 0.15) is 22.1 Å². The van der Waals surface area contributed by atoms with Gasteiger partial charge in [0.05, 0.1) is 6.10 Å². The fourth-order valence-corrected chi connectivity index (χ4v) is 2.60. The first-order valence-electron chi connectivity index (χ1n) is 5.14. The van der Waals surface area contributed by atoms with Crippen molar-refractivity contribution in [3.63, 3.8) is 0 Å². The van der Waals surface area contributed by atoms with Crippen molar-refractivity contribution in [1.29, 1.82) is 0 Å². The Kier molecular flexibility index (Phi) is 3.36. The van der Waals surface area contributed by atoms with Gasteiger partial charge in [-0.15, -0.1) is 11.3 Å². The highest BCUT2D eigenvalue weighted by atomic mass is 32.1. The van der Waals surface area contributed by atoms with E-state index in [0.29, 0.717) is 12.0 Å². The summed E-state index contributed by atoms with van der Waals surface area (Å²) in [7, 11) is 0. The van der Waals surface area contributed by atoms with Gasteiger partial charge in [0.15, 0.2) is 0 Å². The number of aliphatic hydroxyl groups excluding tert-OH is 1. The number of hydrogen-bond acceptors (Lipinski definition) is 2. The quantitative estimate of drug-likeness (QED) is 0.865. The molecule has 1 unspecified atom stereocenters. The third-order valence-corrected chi connectivity index (χ3v) is 3.70. The highest BCUT2D eigenvalue weighted by Crippen LogP contribution is 2.27. The molecule has 0 bridgehead atoms. The maximum Gasteiger partial charge on any atom is 0.126 e. The number of aliphatic hydroxyl groups is 1. The molecule has 0 aliphatic carbocycles. The summed E-state index contributed by atoms with van der Waals surface area (Å²) in [6.07, 6.45) is -0.287. The van der Waals surface area contributed by atoms with E-state index in [-0.39, 0.29) is 5.82 Å². The van der Waals surface area contributed by atoms with Gasteiger partial charge in [0.2, 0.25) is 0 Å². The predicted molar refractivity (Wildman–Crippen MR) is 64.1 cm³/mol. The van der Waals surface area contributed by atoms with Gasteiger partial charge in [-0.1, -0.05) is 18.2 Å². The molecule has 2 rings (SSSR count). The first-order valence-corrected chi connectivity index (χ1v) is 6.02. The topological polar surface area (TPSA) is 20.2 Å². The average Bonchev–Trinajstić information content (AvgIpc) is 2.68. The third-order valence-electron chi connectivity index (χ3n) is 2.58. The van der Waals surface area contributed by atoms with E-state index in [4.69, 9.17) is 0 Å². The second-order valence-corrected chi connectivity index (χ2v) is 4.73. The summed E-state index contributed by atoms with van der Waals surface area (Å²) in [5.41, 5.74) is 1.62. The summed E-state index contributed by atoms with van der Waals surface area (Å²) in [4.78, 5) is 0.920. The van der Waals surface area contributed by atoms with E-state index in [0.717, 1.165) is 10.4 Å². The van der Waals surface area contributed by atoms with Gasteiger partial charge >= 0.3 is 0 Å². The van der Waals surface area contributed by atoms with Crippen molar-refractivity contribution in [1.82, 2.24) is 0 Å². The van der Waals surface area contributed by atoms with E-state index in [1.54, 1.807) is 18.2 Å². The molecule has 0 spiro atoms. The molecule has 0 aliphatic rings. The fraction of sp³-hybridized carbons (Fsp3) is 0.231. The average molecular weight is 236 g/mol. The number of rotatable bonds is 3. The van der Waals surface area contributed by atoms with E-state index in [1.165, 1.54) is 17.4 Å². The molecule has 1 heterocycles. The minimum atomic E-state index is -0.614. The molecule has 0 radical (unpaired) electrons. The van der Waals surface area contributed by atoms with Crippen LogP contribution in [0, 0.1) is 12.7 Å². The van der Waals surface area contributed by atoms with Crippen molar-refractivity contribution in [3.8, 4) is 0 Å². The molecule has 1 N–H and O–H groups in total. The van der Waals surface area contributed by atoms with Crippen LogP contribution < -0.4 is 0 Å². The maximum atomic E-state index is 13.4. The van der Waals surface area contributed by atoms with Crippen molar-refractivity contribution in [2.75, 3.05) is 0 Å². The van der Waals surface area contributed by atoms with Crippen LogP contribution in [-0.2, 0) is 6.42 Å². The Morgan fingerprint density at radius 1 is 1.31 bits per heavy atom. The summed E-state index contributed by atoms with van der Waals surface area (Å²) in [6, 6.07) is 8.53. The van der Waals surface area contributed by atoms with Crippen LogP contribution in [0.4, 0.5) is 4.39 Å². The molecule has 1 aromatic heterocycles. The third kappa shape index (κ3) is 2.31. The Hall–Kier alpha value is -1.19. The van der Waals surface area contributed by atoms with E-state index < -0.39 is 6.10 Å². The molecule has 3 heteroatoms. The van der Waals surface area contributed by atoms with Crippen molar-refractivity contribution in [2.24, 2.45) is 0 Å². The lowest BCUT2D eigenvalue weighted by atomic mass is 10.0. The molecule has 2 aromatic rings. The molecule has 0 saturated carbocycles. The number of hydrogen-bond donors (Lipinski definition) is 1. The van der Waals surface area contributed by atoms with Crippen LogP contribution in [0.15, 0.2) is 35.7 Å². The first-order chi connectivity index (χ1) is 7.68. The van der Waals surface area contributed by atoms with Crippen molar-refractivity contribution in [2.45, 2.75) is 19.4 Å². The second kappa shape index (κ2) is 4.76. The summed E-state index contributed by atoms with van der Waals surface area (Å²) >= 11 is 1.51. The minimum absolute atomic E-state index is 0.254. The van der Waals surface area contributed by atoms with Gasteiger partial charge in [0.25, 0.3) is 0 Å². The zero-order valence-corrected chi connectivity index (χ0v) is 9.80. The number of aryl methyl sites for hydroxylation is 1. The number of benzene rings is 1. The normalized spacial score (nSPS) is 12.7. The van der Waals surface area contributed by atoms with Crippen LogP contribution in [0.2, 0.25) is 0 Å². The monoisotopic (exact) mass is 236 g/mol. The van der Waals surface area contributed by atoms with Gasteiger partial charge < -0.3 is 5.11 Å². The lowest BCUT2D eigenvalue weighted by molar-refractivity contribution is 0.180. The molecule has 0 fully saturated rings. The summed E-state index contributed by atoms with van der Waals surface area (Å²) in [6.45, 7) is 1.95. The molecule has 16 heavy (non-hydrogen) atoms. The SMILES string of the molecule is Cc1ccsc1C(O)Cc1ccccc1F. The maximum absolute atomic E-state index is 13.4.